The molecule has 0 spiro atoms. The van der Waals surface area contributed by atoms with Crippen molar-refractivity contribution >= 4 is 0 Å². The van der Waals surface area contributed by atoms with Gasteiger partial charge in [0.25, 0.3) is 5.79 Å². The molecule has 0 aliphatic carbocycles. The van der Waals surface area contributed by atoms with E-state index in [2.05, 4.69) is 6.92 Å². The molecule has 1 fully saturated rings. The van der Waals surface area contributed by atoms with Crippen LogP contribution in [0.15, 0.2) is 0 Å². The average Bonchev–Trinajstić information content (AvgIpc) is 2.87. The molecular formula is C9H20O7. The third-order valence-electron chi connectivity index (χ3n) is 2.02. The first-order valence-electron chi connectivity index (χ1n) is 5.04. The summed E-state index contributed by atoms with van der Waals surface area (Å²) in [5, 5.41) is 51.7. The number of ether oxygens (including phenoxy) is 1. The van der Waals surface area contributed by atoms with E-state index in [0.29, 0.717) is 12.5 Å². The van der Waals surface area contributed by atoms with Crippen LogP contribution in [-0.2, 0) is 4.74 Å². The third kappa shape index (κ3) is 5.17. The molecule has 1 saturated heterocycles. The minimum atomic E-state index is -3.72. The highest BCUT2D eigenvalue weighted by atomic mass is 16.7. The van der Waals surface area contributed by atoms with Crippen molar-refractivity contribution in [2.75, 3.05) is 6.61 Å². The van der Waals surface area contributed by atoms with Gasteiger partial charge in [-0.1, -0.05) is 13.3 Å². The highest BCUT2D eigenvalue weighted by molar-refractivity contribution is 4.80. The molecule has 0 radical (unpaired) electrons. The lowest BCUT2D eigenvalue weighted by molar-refractivity contribution is -0.464. The summed E-state index contributed by atoms with van der Waals surface area (Å²) in [5.41, 5.74) is 0. The largest absolute Gasteiger partial charge is 0.387 e. The molecular weight excluding hydrogens is 220 g/mol. The van der Waals surface area contributed by atoms with Crippen LogP contribution in [0.2, 0.25) is 0 Å². The number of aliphatic hydroxyl groups is 6. The van der Waals surface area contributed by atoms with Crippen LogP contribution in [-0.4, -0.2) is 61.2 Å². The fourth-order valence-electron chi connectivity index (χ4n) is 0.794. The highest BCUT2D eigenvalue weighted by Gasteiger charge is 2.51. The van der Waals surface area contributed by atoms with Crippen molar-refractivity contribution in [2.45, 2.75) is 50.7 Å². The van der Waals surface area contributed by atoms with Crippen LogP contribution >= 0.6 is 0 Å². The summed E-state index contributed by atoms with van der Waals surface area (Å²) in [4.78, 5) is 0. The van der Waals surface area contributed by atoms with Crippen LogP contribution in [0.3, 0.4) is 0 Å². The topological polar surface area (TPSA) is 134 Å². The predicted molar refractivity (Wildman–Crippen MR) is 52.9 cm³/mol. The lowest BCUT2D eigenvalue weighted by atomic mass is 10.0. The van der Waals surface area contributed by atoms with Crippen molar-refractivity contribution in [3.05, 3.63) is 0 Å². The van der Waals surface area contributed by atoms with Crippen LogP contribution in [0.4, 0.5) is 0 Å². The van der Waals surface area contributed by atoms with Crippen molar-refractivity contribution in [3.63, 3.8) is 0 Å². The molecule has 6 N–H and O–H groups in total. The Balaban J connectivity index is 0.000000462. The van der Waals surface area contributed by atoms with Crippen molar-refractivity contribution in [2.24, 2.45) is 0 Å². The van der Waals surface area contributed by atoms with Gasteiger partial charge in [-0.3, -0.25) is 0 Å². The molecule has 7 nitrogen and oxygen atoms in total. The van der Waals surface area contributed by atoms with Crippen molar-refractivity contribution in [3.8, 4) is 0 Å². The fourth-order valence-corrected chi connectivity index (χ4v) is 0.794. The van der Waals surface area contributed by atoms with E-state index in [-0.39, 0.29) is 6.42 Å². The number of rotatable bonds is 4. The summed E-state index contributed by atoms with van der Waals surface area (Å²) in [6, 6.07) is 0. The zero-order valence-electron chi connectivity index (χ0n) is 9.37. The van der Waals surface area contributed by atoms with Gasteiger partial charge in [0, 0.05) is 0 Å². The molecule has 98 valence electrons. The fraction of sp³-hybridized carbons (Fsp3) is 1.00. The second kappa shape index (κ2) is 5.87. The van der Waals surface area contributed by atoms with Gasteiger partial charge in [0.05, 0.1) is 12.7 Å². The summed E-state index contributed by atoms with van der Waals surface area (Å²) in [6.45, 7) is 4.69. The molecule has 0 amide bonds. The van der Waals surface area contributed by atoms with Crippen LogP contribution in [0.1, 0.15) is 26.7 Å². The minimum absolute atomic E-state index is 0.0730. The number of aliphatic hydroxyl groups excluding tert-OH is 1. The SMILES string of the molecule is CC1CO1.CCCC(O)C(O)(O)C(O)(O)O. The summed E-state index contributed by atoms with van der Waals surface area (Å²) in [5.74, 6) is -7.05. The standard InChI is InChI=1S/C6H14O6.C3H6O/c1-2-3-4(7)5(8,9)6(10,11)12;1-3-2-4-3/h4,7-12H,2-3H2,1H3;3H,2H2,1H3. The third-order valence-corrected chi connectivity index (χ3v) is 2.02. The van der Waals surface area contributed by atoms with Gasteiger partial charge in [-0.05, 0) is 13.3 Å². The van der Waals surface area contributed by atoms with Gasteiger partial charge in [0.15, 0.2) is 0 Å². The van der Waals surface area contributed by atoms with Gasteiger partial charge >= 0.3 is 5.97 Å². The second-order valence-corrected chi connectivity index (χ2v) is 3.81. The van der Waals surface area contributed by atoms with E-state index in [4.69, 9.17) is 35.4 Å². The first kappa shape index (κ1) is 15.7. The molecule has 7 heteroatoms. The summed E-state index contributed by atoms with van der Waals surface area (Å²) in [6.07, 6.45) is -0.904. The molecule has 1 aliphatic heterocycles. The maximum Gasteiger partial charge on any atom is 0.335 e. The molecule has 0 aromatic carbocycles. The molecule has 1 rings (SSSR count). The summed E-state index contributed by atoms with van der Waals surface area (Å²) in [7, 11) is 0. The first-order valence-corrected chi connectivity index (χ1v) is 5.04. The molecule has 2 atom stereocenters. The zero-order chi connectivity index (χ0) is 13.0. The minimum Gasteiger partial charge on any atom is -0.387 e. The van der Waals surface area contributed by atoms with Gasteiger partial charge in [0.2, 0.25) is 0 Å². The number of hydrogen-bond donors (Lipinski definition) is 6. The van der Waals surface area contributed by atoms with E-state index >= 15 is 0 Å². The first-order chi connectivity index (χ1) is 7.13. The van der Waals surface area contributed by atoms with Crippen LogP contribution in [0, 0.1) is 0 Å². The van der Waals surface area contributed by atoms with Gasteiger partial charge in [-0.15, -0.1) is 0 Å². The molecule has 0 aromatic heterocycles. The monoisotopic (exact) mass is 240 g/mol. The van der Waals surface area contributed by atoms with E-state index in [1.54, 1.807) is 6.92 Å². The molecule has 1 aliphatic rings. The smallest absolute Gasteiger partial charge is 0.335 e. The highest BCUT2D eigenvalue weighted by Crippen LogP contribution is 2.21. The van der Waals surface area contributed by atoms with Crippen LogP contribution in [0.25, 0.3) is 0 Å². The Hall–Kier alpha value is -0.280. The Kier molecular flexibility index (Phi) is 5.77. The molecule has 16 heavy (non-hydrogen) atoms. The van der Waals surface area contributed by atoms with Gasteiger partial charge in [0.1, 0.15) is 6.10 Å². The molecule has 2 unspecified atom stereocenters. The average molecular weight is 240 g/mol. The molecule has 0 saturated carbocycles. The Labute approximate surface area is 93.5 Å². The lowest BCUT2D eigenvalue weighted by Crippen LogP contribution is -2.61. The van der Waals surface area contributed by atoms with Crippen LogP contribution in [0.5, 0.6) is 0 Å². The van der Waals surface area contributed by atoms with E-state index in [1.807, 2.05) is 0 Å². The Morgan fingerprint density at radius 2 is 1.62 bits per heavy atom. The Morgan fingerprint density at radius 3 is 1.81 bits per heavy atom. The number of epoxide rings is 1. The summed E-state index contributed by atoms with van der Waals surface area (Å²) < 4.78 is 4.71. The predicted octanol–water partition coefficient (Wildman–Crippen LogP) is -2.14. The molecule has 0 aromatic rings. The Morgan fingerprint density at radius 1 is 1.25 bits per heavy atom. The maximum atomic E-state index is 8.93. The van der Waals surface area contributed by atoms with E-state index < -0.39 is 17.9 Å². The molecule has 0 bridgehead atoms. The van der Waals surface area contributed by atoms with E-state index in [0.717, 1.165) is 6.61 Å². The van der Waals surface area contributed by atoms with Crippen LogP contribution < -0.4 is 0 Å². The normalized spacial score (nSPS) is 22.1. The lowest BCUT2D eigenvalue weighted by Gasteiger charge is -2.33. The second-order valence-electron chi connectivity index (χ2n) is 3.81. The maximum absolute atomic E-state index is 8.93. The van der Waals surface area contributed by atoms with Gasteiger partial charge in [-0.2, -0.15) is 0 Å². The Bertz CT molecular complexity index is 195. The van der Waals surface area contributed by atoms with Crippen molar-refractivity contribution in [1.29, 1.82) is 0 Å². The van der Waals surface area contributed by atoms with Crippen molar-refractivity contribution in [1.82, 2.24) is 0 Å². The van der Waals surface area contributed by atoms with E-state index in [1.165, 1.54) is 0 Å². The van der Waals surface area contributed by atoms with E-state index in [9.17, 15) is 0 Å². The quantitative estimate of drug-likeness (QED) is 0.244. The van der Waals surface area contributed by atoms with Gasteiger partial charge < -0.3 is 35.4 Å². The molecule has 1 heterocycles. The van der Waals surface area contributed by atoms with Crippen molar-refractivity contribution < 1.29 is 35.4 Å². The van der Waals surface area contributed by atoms with Gasteiger partial charge in [-0.25, -0.2) is 0 Å². The zero-order valence-corrected chi connectivity index (χ0v) is 9.37. The summed E-state index contributed by atoms with van der Waals surface area (Å²) >= 11 is 0. The number of hydrogen-bond acceptors (Lipinski definition) is 7.